The molecule has 0 radical (unpaired) electrons. The minimum atomic E-state index is 0.388. The molecule has 0 aromatic rings. The van der Waals surface area contributed by atoms with Crippen LogP contribution in [0.1, 0.15) is 27.7 Å². The van der Waals surface area contributed by atoms with E-state index >= 15 is 0 Å². The van der Waals surface area contributed by atoms with E-state index in [1.807, 2.05) is 27.7 Å². The van der Waals surface area contributed by atoms with Crippen molar-refractivity contribution in [2.24, 2.45) is 0 Å². The zero-order valence-corrected chi connectivity index (χ0v) is 8.67. The van der Waals surface area contributed by atoms with E-state index in [0.29, 0.717) is 5.71 Å². The van der Waals surface area contributed by atoms with Gasteiger partial charge in [-0.1, -0.05) is 23.4 Å². The third-order valence-corrected chi connectivity index (χ3v) is 3.13. The van der Waals surface area contributed by atoms with Crippen molar-refractivity contribution in [3.05, 3.63) is 27.7 Å². The molecule has 0 saturated carbocycles. The highest BCUT2D eigenvalue weighted by atomic mass is 32.1. The van der Waals surface area contributed by atoms with Crippen molar-refractivity contribution in [3.63, 3.8) is 0 Å². The predicted octanol–water partition coefficient (Wildman–Crippen LogP) is 3.05. The summed E-state index contributed by atoms with van der Waals surface area (Å²) in [5.74, 6) is 0. The fraction of sp³-hybridized carbons (Fsp3) is 0.400. The molecule has 1 rings (SSSR count). The van der Waals surface area contributed by atoms with Gasteiger partial charge in [0.05, 0.1) is 0 Å². The largest absolute Gasteiger partial charge is 0.803 e. The maximum Gasteiger partial charge on any atom is 0.0439 e. The summed E-state index contributed by atoms with van der Waals surface area (Å²) in [5.41, 5.74) is 4.24. The Bertz CT molecular complexity index is 270. The Morgan fingerprint density at radius 3 is 1.50 bits per heavy atom. The summed E-state index contributed by atoms with van der Waals surface area (Å²) in [6, 6.07) is 0. The van der Waals surface area contributed by atoms with Crippen LogP contribution in [-0.4, -0.2) is 10.6 Å². The van der Waals surface area contributed by atoms with Gasteiger partial charge >= 0.3 is 0 Å². The summed E-state index contributed by atoms with van der Waals surface area (Å²) >= 11 is 5.22. The van der Waals surface area contributed by atoms with Crippen LogP contribution in [0.15, 0.2) is 22.3 Å². The lowest BCUT2D eigenvalue weighted by Gasteiger charge is -2.26. The molecule has 2 heteroatoms. The van der Waals surface area contributed by atoms with Crippen molar-refractivity contribution in [2.75, 3.05) is 0 Å². The smallest absolute Gasteiger partial charge is 0.0439 e. The fourth-order valence-electron chi connectivity index (χ4n) is 1.26. The van der Waals surface area contributed by atoms with Crippen LogP contribution >= 0.6 is 12.2 Å². The van der Waals surface area contributed by atoms with Gasteiger partial charge in [0.2, 0.25) is 0 Å². The summed E-state index contributed by atoms with van der Waals surface area (Å²) in [5, 5.41) is 9.65. The van der Waals surface area contributed by atoms with E-state index in [-0.39, 0.29) is 0 Å². The van der Waals surface area contributed by atoms with Gasteiger partial charge in [-0.3, -0.25) is 0 Å². The summed E-state index contributed by atoms with van der Waals surface area (Å²) in [4.78, 5) is 0.878. The van der Waals surface area contributed by atoms with Gasteiger partial charge in [0.15, 0.2) is 0 Å². The number of thiocarbonyl (C=S) groups is 1. The lowest BCUT2D eigenvalue weighted by Crippen LogP contribution is -2.16. The Hall–Kier alpha value is -0.760. The molecule has 0 spiro atoms. The molecular formula is C10H12NS-. The first-order valence-corrected chi connectivity index (χ1v) is 4.34. The average molecular weight is 178 g/mol. The molecule has 1 aliphatic rings. The van der Waals surface area contributed by atoms with E-state index in [4.69, 9.17) is 12.2 Å². The van der Waals surface area contributed by atoms with Crippen LogP contribution < -0.4 is 0 Å². The van der Waals surface area contributed by atoms with Crippen molar-refractivity contribution < 1.29 is 0 Å². The van der Waals surface area contributed by atoms with Gasteiger partial charge in [-0.15, -0.1) is 0 Å². The molecule has 0 heterocycles. The molecule has 64 valence electrons. The van der Waals surface area contributed by atoms with Crippen molar-refractivity contribution in [1.82, 2.24) is 0 Å². The first-order valence-electron chi connectivity index (χ1n) is 3.93. The zero-order valence-electron chi connectivity index (χ0n) is 7.86. The van der Waals surface area contributed by atoms with Crippen LogP contribution in [0.3, 0.4) is 0 Å². The van der Waals surface area contributed by atoms with E-state index in [0.717, 1.165) is 27.2 Å². The normalized spacial score (nSPS) is 19.3. The first-order chi connectivity index (χ1) is 5.46. The highest BCUT2D eigenvalue weighted by molar-refractivity contribution is 7.81. The summed E-state index contributed by atoms with van der Waals surface area (Å²) in [7, 11) is 0. The standard InChI is InChI=1S/C10H12NS/c1-5-7(3)10(12)8(4)6(2)9(5)11/h1-4H3/q-1. The van der Waals surface area contributed by atoms with Gasteiger partial charge in [0.25, 0.3) is 0 Å². The highest BCUT2D eigenvalue weighted by Gasteiger charge is 2.14. The molecule has 0 unspecified atom stereocenters. The lowest BCUT2D eigenvalue weighted by molar-refractivity contribution is 1.36. The van der Waals surface area contributed by atoms with Crippen molar-refractivity contribution >= 4 is 22.8 Å². The predicted molar refractivity (Wildman–Crippen MR) is 57.7 cm³/mol. The maximum absolute atomic E-state index is 9.65. The Morgan fingerprint density at radius 2 is 1.17 bits per heavy atom. The fourth-order valence-corrected chi connectivity index (χ4v) is 1.56. The molecule has 0 atom stereocenters. The number of rotatable bonds is 0. The van der Waals surface area contributed by atoms with E-state index in [1.54, 1.807) is 0 Å². The third-order valence-electron chi connectivity index (χ3n) is 2.52. The van der Waals surface area contributed by atoms with Crippen molar-refractivity contribution in [3.8, 4) is 0 Å². The topological polar surface area (TPSA) is 22.3 Å². The van der Waals surface area contributed by atoms with Gasteiger partial charge in [-0.25, -0.2) is 0 Å². The van der Waals surface area contributed by atoms with Crippen LogP contribution in [0.4, 0.5) is 0 Å². The maximum atomic E-state index is 9.65. The molecule has 1 aliphatic carbocycles. The number of allylic oxidation sites excluding steroid dienone is 4. The lowest BCUT2D eigenvalue weighted by atomic mass is 9.87. The molecule has 12 heavy (non-hydrogen) atoms. The van der Waals surface area contributed by atoms with Crippen LogP contribution in [-0.2, 0) is 0 Å². The molecule has 0 N–H and O–H groups in total. The summed E-state index contributed by atoms with van der Waals surface area (Å²) in [6.45, 7) is 7.69. The van der Waals surface area contributed by atoms with E-state index in [9.17, 15) is 5.41 Å². The van der Waals surface area contributed by atoms with Crippen molar-refractivity contribution in [1.29, 1.82) is 0 Å². The summed E-state index contributed by atoms with van der Waals surface area (Å²) in [6.07, 6.45) is 0. The highest BCUT2D eigenvalue weighted by Crippen LogP contribution is 2.24. The Kier molecular flexibility index (Phi) is 2.29. The van der Waals surface area contributed by atoms with Crippen LogP contribution in [0.25, 0.3) is 5.41 Å². The summed E-state index contributed by atoms with van der Waals surface area (Å²) < 4.78 is 0. The van der Waals surface area contributed by atoms with Crippen molar-refractivity contribution in [2.45, 2.75) is 27.7 Å². The molecule has 0 aliphatic heterocycles. The molecule has 0 aromatic heterocycles. The first kappa shape index (κ1) is 9.33. The Labute approximate surface area is 78.7 Å². The second kappa shape index (κ2) is 2.94. The second-order valence-corrected chi connectivity index (χ2v) is 3.59. The molecule has 0 saturated heterocycles. The van der Waals surface area contributed by atoms with Crippen LogP contribution in [0.2, 0.25) is 0 Å². The van der Waals surface area contributed by atoms with E-state index in [1.165, 1.54) is 0 Å². The number of hydrogen-bond donors (Lipinski definition) is 0. The van der Waals surface area contributed by atoms with Crippen LogP contribution in [0, 0.1) is 0 Å². The molecule has 0 fully saturated rings. The molecule has 1 nitrogen and oxygen atoms in total. The Balaban J connectivity index is 3.32. The van der Waals surface area contributed by atoms with Gasteiger partial charge in [-0.2, -0.15) is 5.71 Å². The number of nitrogens with zero attached hydrogens (tertiary/aromatic N) is 1. The Morgan fingerprint density at radius 1 is 0.833 bits per heavy atom. The quantitative estimate of drug-likeness (QED) is 0.523. The van der Waals surface area contributed by atoms with Gasteiger partial charge in [0, 0.05) is 4.86 Å². The van der Waals surface area contributed by atoms with E-state index < -0.39 is 0 Å². The molecular weight excluding hydrogens is 166 g/mol. The average Bonchev–Trinajstić information content (AvgIpc) is 2.08. The molecule has 0 bridgehead atoms. The molecule has 0 amide bonds. The second-order valence-electron chi connectivity index (χ2n) is 3.18. The molecule has 0 aromatic carbocycles. The van der Waals surface area contributed by atoms with Gasteiger partial charge < -0.3 is 5.41 Å². The minimum Gasteiger partial charge on any atom is -0.803 e. The van der Waals surface area contributed by atoms with Crippen LogP contribution in [0.5, 0.6) is 0 Å². The SMILES string of the molecule is CC1=C(C)C(=S)C(C)=C(C)C1=[N-]. The van der Waals surface area contributed by atoms with E-state index in [2.05, 4.69) is 0 Å². The zero-order chi connectivity index (χ0) is 9.46. The monoisotopic (exact) mass is 178 g/mol. The number of hydrogen-bond acceptors (Lipinski definition) is 1. The third kappa shape index (κ3) is 1.16. The van der Waals surface area contributed by atoms with Gasteiger partial charge in [0.1, 0.15) is 0 Å². The minimum absolute atomic E-state index is 0.388. The van der Waals surface area contributed by atoms with Gasteiger partial charge in [-0.05, 0) is 38.8 Å².